The van der Waals surface area contributed by atoms with Gasteiger partial charge in [-0.05, 0) is 33.6 Å². The van der Waals surface area contributed by atoms with Gasteiger partial charge in [-0.15, -0.1) is 0 Å². The highest BCUT2D eigenvalue weighted by Crippen LogP contribution is 2.26. The summed E-state index contributed by atoms with van der Waals surface area (Å²) in [5.41, 5.74) is 0.859. The van der Waals surface area contributed by atoms with E-state index in [4.69, 9.17) is 9.47 Å². The fourth-order valence-corrected chi connectivity index (χ4v) is 2.17. The van der Waals surface area contributed by atoms with E-state index in [9.17, 15) is 8.78 Å². The third kappa shape index (κ3) is 3.67. The Hall–Kier alpha value is -1.62. The van der Waals surface area contributed by atoms with Gasteiger partial charge in [0.2, 0.25) is 0 Å². The molecule has 2 nitrogen and oxygen atoms in total. The Labute approximate surface area is 118 Å². The molecule has 0 bridgehead atoms. The van der Waals surface area contributed by atoms with Gasteiger partial charge in [-0.25, -0.2) is 8.78 Å². The van der Waals surface area contributed by atoms with Gasteiger partial charge in [0.25, 0.3) is 0 Å². The molecule has 0 saturated carbocycles. The molecule has 2 aromatic rings. The Morgan fingerprint density at radius 2 is 1.74 bits per heavy atom. The van der Waals surface area contributed by atoms with Crippen LogP contribution in [-0.2, 0) is 6.61 Å². The van der Waals surface area contributed by atoms with Crippen molar-refractivity contribution in [1.82, 2.24) is 0 Å². The molecule has 0 saturated heterocycles. The Bertz CT molecular complexity index is 567. The summed E-state index contributed by atoms with van der Waals surface area (Å²) >= 11 is 3.36. The summed E-state index contributed by atoms with van der Waals surface area (Å²) in [5, 5.41) is 0. The molecule has 0 N–H and O–H groups in total. The fraction of sp³-hybridized carbons (Fsp3) is 0.143. The summed E-state index contributed by atoms with van der Waals surface area (Å²) in [6, 6.07) is 8.52. The van der Waals surface area contributed by atoms with Crippen LogP contribution >= 0.6 is 15.9 Å². The molecule has 0 amide bonds. The van der Waals surface area contributed by atoms with Crippen molar-refractivity contribution in [1.29, 1.82) is 0 Å². The van der Waals surface area contributed by atoms with Gasteiger partial charge in [0.05, 0.1) is 11.6 Å². The molecule has 0 fully saturated rings. The van der Waals surface area contributed by atoms with E-state index in [2.05, 4.69) is 15.9 Å². The van der Waals surface area contributed by atoms with Gasteiger partial charge in [0, 0.05) is 18.2 Å². The van der Waals surface area contributed by atoms with Crippen molar-refractivity contribution in [2.75, 3.05) is 7.11 Å². The first-order valence-electron chi connectivity index (χ1n) is 5.50. The summed E-state index contributed by atoms with van der Waals surface area (Å²) in [5.74, 6) is -0.457. The van der Waals surface area contributed by atoms with Crippen LogP contribution in [0.2, 0.25) is 0 Å². The standard InChI is InChI=1S/C14H11BrF2O2/c1-18-14-3-2-9(4-13(14)15)8-19-12-6-10(16)5-11(17)7-12/h2-7H,8H2,1H3. The van der Waals surface area contributed by atoms with Gasteiger partial charge in [-0.3, -0.25) is 0 Å². The fourth-order valence-electron chi connectivity index (χ4n) is 1.58. The SMILES string of the molecule is COc1ccc(COc2cc(F)cc(F)c2)cc1Br. The van der Waals surface area contributed by atoms with Crippen LogP contribution in [0, 0.1) is 11.6 Å². The molecular formula is C14H11BrF2O2. The van der Waals surface area contributed by atoms with Crippen molar-refractivity contribution in [3.63, 3.8) is 0 Å². The van der Waals surface area contributed by atoms with E-state index in [1.54, 1.807) is 13.2 Å². The maximum atomic E-state index is 13.0. The van der Waals surface area contributed by atoms with Gasteiger partial charge in [0.15, 0.2) is 0 Å². The summed E-state index contributed by atoms with van der Waals surface area (Å²) < 4.78 is 37.2. The van der Waals surface area contributed by atoms with Crippen LogP contribution in [0.5, 0.6) is 11.5 Å². The Morgan fingerprint density at radius 1 is 1.05 bits per heavy atom. The zero-order valence-electron chi connectivity index (χ0n) is 10.1. The monoisotopic (exact) mass is 328 g/mol. The van der Waals surface area contributed by atoms with Crippen molar-refractivity contribution in [3.8, 4) is 11.5 Å². The molecular weight excluding hydrogens is 318 g/mol. The van der Waals surface area contributed by atoms with E-state index < -0.39 is 11.6 Å². The topological polar surface area (TPSA) is 18.5 Å². The van der Waals surface area contributed by atoms with Crippen molar-refractivity contribution in [2.45, 2.75) is 6.61 Å². The number of halogens is 3. The number of hydrogen-bond acceptors (Lipinski definition) is 2. The molecule has 2 aromatic carbocycles. The van der Waals surface area contributed by atoms with E-state index in [1.807, 2.05) is 12.1 Å². The number of ether oxygens (including phenoxy) is 2. The minimum Gasteiger partial charge on any atom is -0.496 e. The maximum absolute atomic E-state index is 13.0. The Morgan fingerprint density at radius 3 is 2.32 bits per heavy atom. The number of rotatable bonds is 4. The average Bonchev–Trinajstić information content (AvgIpc) is 2.35. The average molecular weight is 329 g/mol. The lowest BCUT2D eigenvalue weighted by Crippen LogP contribution is -1.97. The highest BCUT2D eigenvalue weighted by molar-refractivity contribution is 9.10. The highest BCUT2D eigenvalue weighted by atomic mass is 79.9. The summed E-state index contributed by atoms with van der Waals surface area (Å²) in [7, 11) is 1.58. The second-order valence-corrected chi connectivity index (χ2v) is 4.72. The van der Waals surface area contributed by atoms with Gasteiger partial charge in [-0.2, -0.15) is 0 Å². The van der Waals surface area contributed by atoms with Crippen molar-refractivity contribution >= 4 is 15.9 Å². The molecule has 5 heteroatoms. The van der Waals surface area contributed by atoms with Gasteiger partial charge in [-0.1, -0.05) is 6.07 Å². The van der Waals surface area contributed by atoms with E-state index in [-0.39, 0.29) is 12.4 Å². The zero-order chi connectivity index (χ0) is 13.8. The van der Waals surface area contributed by atoms with Crippen LogP contribution in [0.3, 0.4) is 0 Å². The van der Waals surface area contributed by atoms with Crippen LogP contribution in [0.25, 0.3) is 0 Å². The van der Waals surface area contributed by atoms with Gasteiger partial charge in [0.1, 0.15) is 29.7 Å². The molecule has 2 rings (SSSR count). The second kappa shape index (κ2) is 6.02. The highest BCUT2D eigenvalue weighted by Gasteiger charge is 2.04. The number of methoxy groups -OCH3 is 1. The minimum absolute atomic E-state index is 0.157. The molecule has 0 aliphatic rings. The molecule has 100 valence electrons. The minimum atomic E-state index is -0.661. The van der Waals surface area contributed by atoms with E-state index in [1.165, 1.54) is 0 Å². The van der Waals surface area contributed by atoms with Crippen molar-refractivity contribution < 1.29 is 18.3 Å². The molecule has 0 aromatic heterocycles. The van der Waals surface area contributed by atoms with E-state index in [0.29, 0.717) is 5.75 Å². The molecule has 0 heterocycles. The second-order valence-electron chi connectivity index (χ2n) is 3.86. The smallest absolute Gasteiger partial charge is 0.133 e. The third-order valence-corrected chi connectivity index (χ3v) is 3.08. The van der Waals surface area contributed by atoms with Crippen molar-refractivity contribution in [3.05, 3.63) is 58.1 Å². The van der Waals surface area contributed by atoms with Gasteiger partial charge >= 0.3 is 0 Å². The Balaban J connectivity index is 2.08. The summed E-state index contributed by atoms with van der Waals surface area (Å²) in [4.78, 5) is 0. The summed E-state index contributed by atoms with van der Waals surface area (Å²) in [6.07, 6.45) is 0. The van der Waals surface area contributed by atoms with E-state index >= 15 is 0 Å². The number of hydrogen-bond donors (Lipinski definition) is 0. The summed E-state index contributed by atoms with van der Waals surface area (Å²) in [6.45, 7) is 0.214. The maximum Gasteiger partial charge on any atom is 0.133 e. The quantitative estimate of drug-likeness (QED) is 0.832. The van der Waals surface area contributed by atoms with Crippen molar-refractivity contribution in [2.24, 2.45) is 0 Å². The first-order valence-corrected chi connectivity index (χ1v) is 6.29. The van der Waals surface area contributed by atoms with Crippen LogP contribution in [0.1, 0.15) is 5.56 Å². The lowest BCUT2D eigenvalue weighted by Gasteiger charge is -2.09. The first kappa shape index (κ1) is 13.8. The number of benzene rings is 2. The van der Waals surface area contributed by atoms with Gasteiger partial charge < -0.3 is 9.47 Å². The molecule has 0 radical (unpaired) electrons. The normalized spacial score (nSPS) is 10.3. The zero-order valence-corrected chi connectivity index (χ0v) is 11.7. The molecule has 0 aliphatic carbocycles. The Kier molecular flexibility index (Phi) is 4.37. The van der Waals surface area contributed by atoms with Crippen LogP contribution in [0.4, 0.5) is 8.78 Å². The van der Waals surface area contributed by atoms with Crippen LogP contribution in [-0.4, -0.2) is 7.11 Å². The predicted molar refractivity (Wildman–Crippen MR) is 71.4 cm³/mol. The molecule has 0 spiro atoms. The molecule has 0 atom stereocenters. The molecule has 0 aliphatic heterocycles. The lowest BCUT2D eigenvalue weighted by atomic mass is 10.2. The molecule has 0 unspecified atom stereocenters. The van der Waals surface area contributed by atoms with E-state index in [0.717, 1.165) is 28.2 Å². The third-order valence-electron chi connectivity index (χ3n) is 2.46. The van der Waals surface area contributed by atoms with Crippen LogP contribution < -0.4 is 9.47 Å². The van der Waals surface area contributed by atoms with Crippen LogP contribution in [0.15, 0.2) is 40.9 Å². The lowest BCUT2D eigenvalue weighted by molar-refractivity contribution is 0.302. The predicted octanol–water partition coefficient (Wildman–Crippen LogP) is 4.31. The largest absolute Gasteiger partial charge is 0.496 e. The molecule has 19 heavy (non-hydrogen) atoms. The first-order chi connectivity index (χ1) is 9.08.